The van der Waals surface area contributed by atoms with E-state index in [-0.39, 0.29) is 11.8 Å². The zero-order valence-electron chi connectivity index (χ0n) is 13.9. The van der Waals surface area contributed by atoms with E-state index >= 15 is 0 Å². The molecule has 1 amide bonds. The van der Waals surface area contributed by atoms with Gasteiger partial charge in [-0.1, -0.05) is 44.2 Å². The van der Waals surface area contributed by atoms with Crippen molar-refractivity contribution in [3.8, 4) is 0 Å². The van der Waals surface area contributed by atoms with Crippen molar-refractivity contribution < 1.29 is 4.79 Å². The molecule has 0 spiro atoms. The third kappa shape index (κ3) is 5.33. The number of aromatic nitrogens is 1. The summed E-state index contributed by atoms with van der Waals surface area (Å²) in [5.41, 5.74) is 5.71. The average Bonchev–Trinajstić information content (AvgIpc) is 2.55. The van der Waals surface area contributed by atoms with Crippen LogP contribution in [-0.4, -0.2) is 17.1 Å². The summed E-state index contributed by atoms with van der Waals surface area (Å²) < 4.78 is 0. The quantitative estimate of drug-likeness (QED) is 0.655. The molecule has 1 heterocycles. The highest BCUT2D eigenvalue weighted by Gasteiger charge is 2.14. The van der Waals surface area contributed by atoms with Gasteiger partial charge in [0.15, 0.2) is 0 Å². The highest BCUT2D eigenvalue weighted by atomic mass is 16.2. The van der Waals surface area contributed by atoms with Gasteiger partial charge >= 0.3 is 0 Å². The van der Waals surface area contributed by atoms with Crippen molar-refractivity contribution in [1.29, 1.82) is 0 Å². The summed E-state index contributed by atoms with van der Waals surface area (Å²) in [6.45, 7) is 6.28. The summed E-state index contributed by atoms with van der Waals surface area (Å²) in [6, 6.07) is 11.9. The minimum Gasteiger partial charge on any atom is -0.272 e. The van der Waals surface area contributed by atoms with Gasteiger partial charge in [-0.15, -0.1) is 0 Å². The summed E-state index contributed by atoms with van der Waals surface area (Å²) in [4.78, 5) is 16.1. The number of carbonyl (C=O) groups is 1. The van der Waals surface area contributed by atoms with Crippen LogP contribution in [0.15, 0.2) is 53.9 Å². The molecule has 2 rings (SSSR count). The van der Waals surface area contributed by atoms with E-state index in [0.29, 0.717) is 5.92 Å². The van der Waals surface area contributed by atoms with Gasteiger partial charge in [0.1, 0.15) is 0 Å². The Bertz CT molecular complexity index is 648. The molecule has 1 atom stereocenters. The predicted molar refractivity (Wildman–Crippen MR) is 93.4 cm³/mol. The van der Waals surface area contributed by atoms with E-state index in [1.807, 2.05) is 31.2 Å². The molecule has 2 aromatic rings. The van der Waals surface area contributed by atoms with Crippen molar-refractivity contribution in [3.63, 3.8) is 0 Å². The van der Waals surface area contributed by atoms with Gasteiger partial charge in [-0.3, -0.25) is 9.78 Å². The molecular weight excluding hydrogens is 286 g/mol. The van der Waals surface area contributed by atoms with E-state index in [1.165, 1.54) is 5.56 Å². The van der Waals surface area contributed by atoms with Gasteiger partial charge in [0, 0.05) is 18.0 Å². The van der Waals surface area contributed by atoms with Crippen LogP contribution < -0.4 is 5.43 Å². The minimum atomic E-state index is -0.242. The molecule has 0 radical (unpaired) electrons. The molecule has 0 bridgehead atoms. The molecule has 0 aliphatic rings. The average molecular weight is 309 g/mol. The van der Waals surface area contributed by atoms with Gasteiger partial charge in [0.25, 0.3) is 0 Å². The zero-order valence-corrected chi connectivity index (χ0v) is 13.9. The number of carbonyl (C=O) groups excluding carboxylic acids is 1. The number of rotatable bonds is 6. The van der Waals surface area contributed by atoms with Crippen LogP contribution in [0, 0.1) is 5.92 Å². The molecule has 120 valence electrons. The van der Waals surface area contributed by atoms with Crippen molar-refractivity contribution in [2.75, 3.05) is 0 Å². The number of hydrogen-bond acceptors (Lipinski definition) is 3. The number of nitrogens with one attached hydrogen (secondary N) is 1. The lowest BCUT2D eigenvalue weighted by atomic mass is 9.96. The lowest BCUT2D eigenvalue weighted by Gasteiger charge is -2.11. The maximum absolute atomic E-state index is 12.2. The van der Waals surface area contributed by atoms with Gasteiger partial charge < -0.3 is 0 Å². The van der Waals surface area contributed by atoms with E-state index in [4.69, 9.17) is 0 Å². The van der Waals surface area contributed by atoms with Crippen LogP contribution in [0.25, 0.3) is 0 Å². The first-order chi connectivity index (χ1) is 11.1. The number of benzene rings is 1. The number of hydrazone groups is 1. The summed E-state index contributed by atoms with van der Waals surface area (Å²) in [6.07, 6.45) is 6.02. The number of nitrogens with zero attached hydrogens (tertiary/aromatic N) is 2. The van der Waals surface area contributed by atoms with Gasteiger partial charge in [-0.05, 0) is 36.5 Å². The lowest BCUT2D eigenvalue weighted by molar-refractivity contribution is -0.122. The SMILES string of the molecule is CC(C)Cc1ccc(C(C)C(=O)N/N=C/c2cccnc2)cc1. The third-order valence-corrected chi connectivity index (χ3v) is 3.59. The fraction of sp³-hybridized carbons (Fsp3) is 0.316. The molecule has 0 saturated carbocycles. The van der Waals surface area contributed by atoms with Crippen molar-refractivity contribution in [2.24, 2.45) is 11.0 Å². The highest BCUT2D eigenvalue weighted by Crippen LogP contribution is 2.17. The summed E-state index contributed by atoms with van der Waals surface area (Å²) in [7, 11) is 0. The standard InChI is InChI=1S/C19H23N3O/c1-14(2)11-16-6-8-18(9-7-16)15(3)19(23)22-21-13-17-5-4-10-20-12-17/h4-10,12-15H,11H2,1-3H3,(H,22,23)/b21-13+. The molecule has 4 heteroatoms. The Kier molecular flexibility index (Phi) is 6.03. The molecule has 0 saturated heterocycles. The van der Waals surface area contributed by atoms with Crippen LogP contribution in [0.2, 0.25) is 0 Å². The molecule has 0 aliphatic heterocycles. The molecular formula is C19H23N3O. The van der Waals surface area contributed by atoms with Gasteiger partial charge in [-0.25, -0.2) is 5.43 Å². The Morgan fingerprint density at radius 3 is 2.57 bits per heavy atom. The second kappa shape index (κ2) is 8.22. The molecule has 1 unspecified atom stereocenters. The van der Waals surface area contributed by atoms with Crippen LogP contribution in [0.5, 0.6) is 0 Å². The minimum absolute atomic E-state index is 0.123. The van der Waals surface area contributed by atoms with Crippen LogP contribution in [0.4, 0.5) is 0 Å². The molecule has 0 aliphatic carbocycles. The number of pyridine rings is 1. The Morgan fingerprint density at radius 2 is 1.96 bits per heavy atom. The Morgan fingerprint density at radius 1 is 1.22 bits per heavy atom. The highest BCUT2D eigenvalue weighted by molar-refractivity contribution is 5.85. The van der Waals surface area contributed by atoms with E-state index in [2.05, 4.69) is 41.5 Å². The van der Waals surface area contributed by atoms with Gasteiger partial charge in [-0.2, -0.15) is 5.10 Å². The Hall–Kier alpha value is -2.49. The Balaban J connectivity index is 1.92. The van der Waals surface area contributed by atoms with Gasteiger partial charge in [0.2, 0.25) is 5.91 Å². The predicted octanol–water partition coefficient (Wildman–Crippen LogP) is 3.53. The monoisotopic (exact) mass is 309 g/mol. The number of amides is 1. The topological polar surface area (TPSA) is 54.4 Å². The molecule has 4 nitrogen and oxygen atoms in total. The first-order valence-electron chi connectivity index (χ1n) is 7.88. The molecule has 1 aromatic carbocycles. The molecule has 23 heavy (non-hydrogen) atoms. The maximum Gasteiger partial charge on any atom is 0.247 e. The van der Waals surface area contributed by atoms with Crippen LogP contribution in [0.1, 0.15) is 43.4 Å². The first kappa shape index (κ1) is 16.9. The first-order valence-corrected chi connectivity index (χ1v) is 7.88. The van der Waals surface area contributed by atoms with Crippen molar-refractivity contribution in [3.05, 3.63) is 65.5 Å². The summed E-state index contributed by atoms with van der Waals surface area (Å²) in [5, 5.41) is 3.98. The zero-order chi connectivity index (χ0) is 16.7. The third-order valence-electron chi connectivity index (χ3n) is 3.59. The van der Waals surface area contributed by atoms with E-state index < -0.39 is 0 Å². The molecule has 1 N–H and O–H groups in total. The van der Waals surface area contributed by atoms with Crippen molar-refractivity contribution in [2.45, 2.75) is 33.1 Å². The largest absolute Gasteiger partial charge is 0.272 e. The smallest absolute Gasteiger partial charge is 0.247 e. The molecule has 1 aromatic heterocycles. The summed E-state index contributed by atoms with van der Waals surface area (Å²) >= 11 is 0. The number of hydrogen-bond donors (Lipinski definition) is 1. The fourth-order valence-corrected chi connectivity index (χ4v) is 2.28. The normalized spacial score (nSPS) is 12.5. The van der Waals surface area contributed by atoms with Crippen LogP contribution in [-0.2, 0) is 11.2 Å². The molecule has 0 fully saturated rings. The van der Waals surface area contributed by atoms with Crippen molar-refractivity contribution >= 4 is 12.1 Å². The lowest BCUT2D eigenvalue weighted by Crippen LogP contribution is -2.23. The second-order valence-corrected chi connectivity index (χ2v) is 6.08. The second-order valence-electron chi connectivity index (χ2n) is 6.08. The van der Waals surface area contributed by atoms with E-state index in [1.54, 1.807) is 18.6 Å². The summed E-state index contributed by atoms with van der Waals surface area (Å²) in [5.74, 6) is 0.263. The Labute approximate surface area is 137 Å². The van der Waals surface area contributed by atoms with E-state index in [0.717, 1.165) is 17.5 Å². The van der Waals surface area contributed by atoms with Gasteiger partial charge in [0.05, 0.1) is 12.1 Å². The maximum atomic E-state index is 12.2. The van der Waals surface area contributed by atoms with E-state index in [9.17, 15) is 4.79 Å². The van der Waals surface area contributed by atoms with Crippen molar-refractivity contribution in [1.82, 2.24) is 10.4 Å². The fourth-order valence-electron chi connectivity index (χ4n) is 2.28. The van der Waals surface area contributed by atoms with Crippen LogP contribution >= 0.6 is 0 Å². The van der Waals surface area contributed by atoms with Crippen LogP contribution in [0.3, 0.4) is 0 Å².